The van der Waals surface area contributed by atoms with E-state index in [9.17, 15) is 0 Å². The average Bonchev–Trinajstić information content (AvgIpc) is 2.47. The number of benzene rings is 2. The minimum Gasteiger partial charge on any atom is -0.493 e. The predicted octanol–water partition coefficient (Wildman–Crippen LogP) is 5.04. The highest BCUT2D eigenvalue weighted by Gasteiger charge is 2.01. The smallest absolute Gasteiger partial charge is 0.120 e. The first-order valence-corrected chi connectivity index (χ1v) is 7.64. The van der Waals surface area contributed by atoms with Crippen LogP contribution in [0.1, 0.15) is 5.56 Å². The summed E-state index contributed by atoms with van der Waals surface area (Å²) in [5.41, 5.74) is 0.597. The molecule has 0 spiro atoms. The van der Waals surface area contributed by atoms with E-state index in [1.54, 1.807) is 36.0 Å². The van der Waals surface area contributed by atoms with Crippen molar-refractivity contribution in [2.75, 3.05) is 12.4 Å². The molecule has 2 aromatic carbocycles. The second-order valence-electron chi connectivity index (χ2n) is 3.91. The Balaban J connectivity index is 1.81. The van der Waals surface area contributed by atoms with Gasteiger partial charge in [0.05, 0.1) is 28.3 Å². The first-order chi connectivity index (χ1) is 9.69. The van der Waals surface area contributed by atoms with Crippen molar-refractivity contribution in [3.63, 3.8) is 0 Å². The van der Waals surface area contributed by atoms with Crippen LogP contribution >= 0.6 is 35.0 Å². The maximum atomic E-state index is 8.80. The molecule has 2 nitrogen and oxygen atoms in total. The molecule has 0 aromatic heterocycles. The van der Waals surface area contributed by atoms with Gasteiger partial charge in [-0.3, -0.25) is 0 Å². The molecule has 0 unspecified atom stereocenters. The molecule has 0 N–H and O–H groups in total. The van der Waals surface area contributed by atoms with Gasteiger partial charge >= 0.3 is 0 Å². The third-order valence-electron chi connectivity index (χ3n) is 2.47. The summed E-state index contributed by atoms with van der Waals surface area (Å²) in [6.07, 6.45) is 0. The topological polar surface area (TPSA) is 33.0 Å². The van der Waals surface area contributed by atoms with E-state index >= 15 is 0 Å². The molecule has 0 aliphatic heterocycles. The molecule has 0 saturated carbocycles. The Hall–Kier alpha value is -1.34. The fourth-order valence-corrected chi connectivity index (χ4v) is 2.67. The Morgan fingerprint density at radius 2 is 1.95 bits per heavy atom. The van der Waals surface area contributed by atoms with Crippen molar-refractivity contribution in [2.45, 2.75) is 4.90 Å². The van der Waals surface area contributed by atoms with E-state index in [2.05, 4.69) is 6.07 Å². The van der Waals surface area contributed by atoms with Gasteiger partial charge in [0.1, 0.15) is 5.75 Å². The van der Waals surface area contributed by atoms with Gasteiger partial charge in [-0.25, -0.2) is 0 Å². The highest BCUT2D eigenvalue weighted by Crippen LogP contribution is 2.27. The standard InChI is InChI=1S/C15H11Cl2NOS/c16-14-5-4-13(9-15(14)17)20-7-6-19-12-3-1-2-11(8-12)10-18/h1-5,8-9H,6-7H2. The summed E-state index contributed by atoms with van der Waals surface area (Å²) in [4.78, 5) is 1.05. The molecule has 0 radical (unpaired) electrons. The van der Waals surface area contributed by atoms with Gasteiger partial charge in [0.2, 0.25) is 0 Å². The van der Waals surface area contributed by atoms with E-state index in [1.807, 2.05) is 18.2 Å². The number of nitrogens with zero attached hydrogens (tertiary/aromatic N) is 1. The Kier molecular flexibility index (Phi) is 5.60. The Bertz CT molecular complexity index is 640. The van der Waals surface area contributed by atoms with Crippen LogP contribution in [0.3, 0.4) is 0 Å². The van der Waals surface area contributed by atoms with Crippen LogP contribution in [0.4, 0.5) is 0 Å². The predicted molar refractivity (Wildman–Crippen MR) is 83.8 cm³/mol. The minimum atomic E-state index is 0.555. The maximum absolute atomic E-state index is 8.80. The molecule has 20 heavy (non-hydrogen) atoms. The van der Waals surface area contributed by atoms with Crippen LogP contribution in [0.25, 0.3) is 0 Å². The Morgan fingerprint density at radius 3 is 2.70 bits per heavy atom. The van der Waals surface area contributed by atoms with E-state index in [0.29, 0.717) is 28.0 Å². The van der Waals surface area contributed by atoms with Crippen molar-refractivity contribution >= 4 is 35.0 Å². The van der Waals surface area contributed by atoms with Crippen molar-refractivity contribution in [1.82, 2.24) is 0 Å². The van der Waals surface area contributed by atoms with Crippen molar-refractivity contribution in [1.29, 1.82) is 5.26 Å². The number of thioether (sulfide) groups is 1. The summed E-state index contributed by atoms with van der Waals surface area (Å²) in [5.74, 6) is 1.49. The Morgan fingerprint density at radius 1 is 1.10 bits per heavy atom. The zero-order valence-corrected chi connectivity index (χ0v) is 12.8. The van der Waals surface area contributed by atoms with Crippen molar-refractivity contribution in [3.8, 4) is 11.8 Å². The van der Waals surface area contributed by atoms with Gasteiger partial charge < -0.3 is 4.74 Å². The van der Waals surface area contributed by atoms with Gasteiger partial charge in [0, 0.05) is 10.6 Å². The van der Waals surface area contributed by atoms with Gasteiger partial charge in [-0.05, 0) is 36.4 Å². The monoisotopic (exact) mass is 323 g/mol. The molecular formula is C15H11Cl2NOS. The molecule has 102 valence electrons. The lowest BCUT2D eigenvalue weighted by Gasteiger charge is -2.06. The number of rotatable bonds is 5. The summed E-state index contributed by atoms with van der Waals surface area (Å²) < 4.78 is 5.59. The number of hydrogen-bond donors (Lipinski definition) is 0. The molecule has 0 saturated heterocycles. The number of halogens is 2. The third-order valence-corrected chi connectivity index (χ3v) is 4.17. The molecule has 0 heterocycles. The van der Waals surface area contributed by atoms with E-state index < -0.39 is 0 Å². The lowest BCUT2D eigenvalue weighted by Crippen LogP contribution is -2.00. The summed E-state index contributed by atoms with van der Waals surface area (Å²) in [5, 5.41) is 9.91. The second kappa shape index (κ2) is 7.44. The molecular weight excluding hydrogens is 313 g/mol. The van der Waals surface area contributed by atoms with E-state index in [0.717, 1.165) is 10.6 Å². The van der Waals surface area contributed by atoms with Gasteiger partial charge in [-0.2, -0.15) is 5.26 Å². The fourth-order valence-electron chi connectivity index (χ4n) is 1.54. The zero-order valence-electron chi connectivity index (χ0n) is 10.5. The molecule has 0 aliphatic carbocycles. The Labute approximate surface area is 132 Å². The van der Waals surface area contributed by atoms with Crippen LogP contribution in [0.5, 0.6) is 5.75 Å². The highest BCUT2D eigenvalue weighted by atomic mass is 35.5. The van der Waals surface area contributed by atoms with Crippen LogP contribution in [0, 0.1) is 11.3 Å². The zero-order chi connectivity index (χ0) is 14.4. The summed E-state index contributed by atoms with van der Waals surface area (Å²) in [7, 11) is 0. The number of nitriles is 1. The molecule has 0 fully saturated rings. The third kappa shape index (κ3) is 4.35. The van der Waals surface area contributed by atoms with Crippen LogP contribution in [0.15, 0.2) is 47.4 Å². The number of hydrogen-bond acceptors (Lipinski definition) is 3. The summed E-state index contributed by atoms with van der Waals surface area (Å²) in [6, 6.07) is 14.7. The van der Waals surface area contributed by atoms with Crippen LogP contribution < -0.4 is 4.74 Å². The minimum absolute atomic E-state index is 0.555. The molecule has 5 heteroatoms. The number of ether oxygens (including phenoxy) is 1. The van der Waals surface area contributed by atoms with Crippen molar-refractivity contribution in [2.24, 2.45) is 0 Å². The molecule has 0 atom stereocenters. The molecule has 2 aromatic rings. The molecule has 0 amide bonds. The van der Waals surface area contributed by atoms with Crippen molar-refractivity contribution < 1.29 is 4.74 Å². The first-order valence-electron chi connectivity index (χ1n) is 5.90. The molecule has 2 rings (SSSR count). The summed E-state index contributed by atoms with van der Waals surface area (Å²) in [6.45, 7) is 0.555. The quantitative estimate of drug-likeness (QED) is 0.571. The van der Waals surface area contributed by atoms with E-state index in [4.69, 9.17) is 33.2 Å². The first kappa shape index (κ1) is 15.1. The van der Waals surface area contributed by atoms with Crippen LogP contribution in [-0.4, -0.2) is 12.4 Å². The van der Waals surface area contributed by atoms with E-state index in [-0.39, 0.29) is 0 Å². The van der Waals surface area contributed by atoms with E-state index in [1.165, 1.54) is 0 Å². The normalized spacial score (nSPS) is 10.1. The van der Waals surface area contributed by atoms with Gasteiger partial charge in [0.15, 0.2) is 0 Å². The van der Waals surface area contributed by atoms with Gasteiger partial charge in [-0.1, -0.05) is 29.3 Å². The maximum Gasteiger partial charge on any atom is 0.120 e. The average molecular weight is 324 g/mol. The largest absolute Gasteiger partial charge is 0.493 e. The SMILES string of the molecule is N#Cc1cccc(OCCSc2ccc(Cl)c(Cl)c2)c1. The van der Waals surface area contributed by atoms with Gasteiger partial charge in [0.25, 0.3) is 0 Å². The highest BCUT2D eigenvalue weighted by molar-refractivity contribution is 7.99. The lowest BCUT2D eigenvalue weighted by atomic mass is 10.2. The molecule has 0 bridgehead atoms. The molecule has 0 aliphatic rings. The van der Waals surface area contributed by atoms with Crippen LogP contribution in [0.2, 0.25) is 10.0 Å². The summed E-state index contributed by atoms with van der Waals surface area (Å²) >= 11 is 13.4. The van der Waals surface area contributed by atoms with Crippen LogP contribution in [-0.2, 0) is 0 Å². The fraction of sp³-hybridized carbons (Fsp3) is 0.133. The lowest BCUT2D eigenvalue weighted by molar-refractivity contribution is 0.344. The van der Waals surface area contributed by atoms with Crippen molar-refractivity contribution in [3.05, 3.63) is 58.1 Å². The second-order valence-corrected chi connectivity index (χ2v) is 5.90. The van der Waals surface area contributed by atoms with Gasteiger partial charge in [-0.15, -0.1) is 11.8 Å².